The molecule has 0 saturated carbocycles. The van der Waals surface area contributed by atoms with Crippen molar-refractivity contribution >= 4 is 29.0 Å². The second kappa shape index (κ2) is 7.86. The van der Waals surface area contributed by atoms with Crippen LogP contribution >= 0.6 is 11.8 Å². The molecule has 1 amide bonds. The zero-order valence-electron chi connectivity index (χ0n) is 14.6. The fourth-order valence-corrected chi connectivity index (χ4v) is 3.00. The summed E-state index contributed by atoms with van der Waals surface area (Å²) in [6.07, 6.45) is -4.46. The summed E-state index contributed by atoms with van der Waals surface area (Å²) in [7, 11) is 0. The Hall–Kier alpha value is -1.41. The minimum Gasteiger partial charge on any atom is -0.378 e. The summed E-state index contributed by atoms with van der Waals surface area (Å²) in [6.45, 7) is 8.11. The van der Waals surface area contributed by atoms with Gasteiger partial charge in [-0.3, -0.25) is 4.79 Å². The summed E-state index contributed by atoms with van der Waals surface area (Å²) >= 11 is 1.44. The second-order valence-electron chi connectivity index (χ2n) is 6.78. The molecule has 4 nitrogen and oxygen atoms in total. The number of carbonyl (C=O) groups excluding carboxylic acids is 1. The highest BCUT2D eigenvalue weighted by atomic mass is 32.2. The van der Waals surface area contributed by atoms with E-state index >= 15 is 0 Å². The minimum atomic E-state index is -4.46. The zero-order chi connectivity index (χ0) is 18.7. The van der Waals surface area contributed by atoms with Crippen LogP contribution in [0.15, 0.2) is 18.2 Å². The van der Waals surface area contributed by atoms with Gasteiger partial charge in [-0.1, -0.05) is 20.8 Å². The van der Waals surface area contributed by atoms with Gasteiger partial charge in [0.05, 0.1) is 35.9 Å². The van der Waals surface area contributed by atoms with Crippen LogP contribution in [0.3, 0.4) is 0 Å². The number of nitrogens with zero attached hydrogens (tertiary/aromatic N) is 1. The van der Waals surface area contributed by atoms with Gasteiger partial charge in [-0.15, -0.1) is 11.8 Å². The maximum Gasteiger partial charge on any atom is 0.416 e. The number of hydrogen-bond acceptors (Lipinski definition) is 4. The molecule has 1 aromatic rings. The molecule has 1 N–H and O–H groups in total. The predicted molar refractivity (Wildman–Crippen MR) is 95.3 cm³/mol. The fourth-order valence-electron chi connectivity index (χ4n) is 2.36. The lowest BCUT2D eigenvalue weighted by atomic mass is 10.1. The van der Waals surface area contributed by atoms with Gasteiger partial charge in [-0.25, -0.2) is 0 Å². The van der Waals surface area contributed by atoms with E-state index in [0.29, 0.717) is 32.0 Å². The zero-order valence-corrected chi connectivity index (χ0v) is 15.4. The lowest BCUT2D eigenvalue weighted by Crippen LogP contribution is -2.37. The molecule has 25 heavy (non-hydrogen) atoms. The first-order valence-electron chi connectivity index (χ1n) is 8.04. The molecule has 1 aliphatic heterocycles. The molecule has 1 heterocycles. The lowest BCUT2D eigenvalue weighted by molar-refractivity contribution is -0.137. The molecular weight excluding hydrogens is 353 g/mol. The van der Waals surface area contributed by atoms with E-state index in [-0.39, 0.29) is 22.1 Å². The summed E-state index contributed by atoms with van der Waals surface area (Å²) in [6, 6.07) is 3.47. The van der Waals surface area contributed by atoms with Crippen LogP contribution in [0.1, 0.15) is 26.3 Å². The molecule has 1 aromatic carbocycles. The Morgan fingerprint density at radius 2 is 1.88 bits per heavy atom. The Kier molecular flexibility index (Phi) is 6.26. The van der Waals surface area contributed by atoms with Crippen LogP contribution in [-0.2, 0) is 15.7 Å². The third-order valence-electron chi connectivity index (χ3n) is 3.59. The van der Waals surface area contributed by atoms with Crippen LogP contribution in [0.2, 0.25) is 0 Å². The average Bonchev–Trinajstić information content (AvgIpc) is 2.52. The van der Waals surface area contributed by atoms with Crippen molar-refractivity contribution < 1.29 is 22.7 Å². The first-order valence-corrected chi connectivity index (χ1v) is 9.02. The van der Waals surface area contributed by atoms with Crippen molar-refractivity contribution in [3.63, 3.8) is 0 Å². The summed E-state index contributed by atoms with van der Waals surface area (Å²) in [5, 5.41) is 2.65. The number of rotatable bonds is 4. The lowest BCUT2D eigenvalue weighted by Gasteiger charge is -2.31. The van der Waals surface area contributed by atoms with Gasteiger partial charge in [0.2, 0.25) is 5.91 Å². The molecule has 1 aliphatic rings. The Bertz CT molecular complexity index is 609. The predicted octanol–water partition coefficient (Wildman–Crippen LogP) is 4.01. The first-order chi connectivity index (χ1) is 11.6. The molecular formula is C17H23F3N2O2S. The van der Waals surface area contributed by atoms with Crippen LogP contribution in [0.25, 0.3) is 0 Å². The van der Waals surface area contributed by atoms with Gasteiger partial charge < -0.3 is 15.0 Å². The van der Waals surface area contributed by atoms with E-state index in [1.165, 1.54) is 17.8 Å². The molecule has 0 radical (unpaired) electrons. The monoisotopic (exact) mass is 376 g/mol. The molecule has 8 heteroatoms. The molecule has 1 fully saturated rings. The molecule has 0 aliphatic carbocycles. The van der Waals surface area contributed by atoms with E-state index in [2.05, 4.69) is 5.32 Å². The molecule has 0 bridgehead atoms. The van der Waals surface area contributed by atoms with Crippen molar-refractivity contribution in [1.82, 2.24) is 0 Å². The Morgan fingerprint density at radius 3 is 2.44 bits per heavy atom. The second-order valence-corrected chi connectivity index (χ2v) is 8.58. The quantitative estimate of drug-likeness (QED) is 0.862. The van der Waals surface area contributed by atoms with Gasteiger partial charge in [-0.2, -0.15) is 13.2 Å². The smallest absolute Gasteiger partial charge is 0.378 e. The van der Waals surface area contributed by atoms with E-state index in [9.17, 15) is 18.0 Å². The number of amides is 1. The van der Waals surface area contributed by atoms with Crippen molar-refractivity contribution in [3.05, 3.63) is 23.8 Å². The summed E-state index contributed by atoms with van der Waals surface area (Å²) in [5.74, 6) is -0.129. The minimum absolute atomic E-state index is 0.0990. The maximum absolute atomic E-state index is 13.0. The highest BCUT2D eigenvalue weighted by Gasteiger charge is 2.32. The van der Waals surface area contributed by atoms with Crippen molar-refractivity contribution in [3.8, 4) is 0 Å². The number of benzene rings is 1. The number of halogens is 3. The van der Waals surface area contributed by atoms with Crippen LogP contribution < -0.4 is 10.2 Å². The number of alkyl halides is 3. The van der Waals surface area contributed by atoms with Gasteiger partial charge in [0, 0.05) is 17.8 Å². The standard InChI is InChI=1S/C17H23F3N2O2S/c1-16(2,3)25-11-15(23)21-13-10-12(17(18,19)20)4-5-14(13)22-6-8-24-9-7-22/h4-5,10H,6-9,11H2,1-3H3,(H,21,23). The molecule has 0 unspecified atom stereocenters. The first kappa shape index (κ1) is 19.9. The highest BCUT2D eigenvalue weighted by Crippen LogP contribution is 2.36. The Balaban J connectivity index is 2.23. The largest absolute Gasteiger partial charge is 0.416 e. The van der Waals surface area contributed by atoms with E-state index in [0.717, 1.165) is 12.1 Å². The number of anilines is 2. The molecule has 2 rings (SSSR count). The van der Waals surface area contributed by atoms with Gasteiger partial charge >= 0.3 is 6.18 Å². The Labute approximate surface area is 150 Å². The average molecular weight is 376 g/mol. The van der Waals surface area contributed by atoms with Crippen LogP contribution in [-0.4, -0.2) is 42.7 Å². The van der Waals surface area contributed by atoms with Crippen molar-refractivity contribution in [1.29, 1.82) is 0 Å². The Morgan fingerprint density at radius 1 is 1.24 bits per heavy atom. The number of morpholine rings is 1. The van der Waals surface area contributed by atoms with Gasteiger partial charge in [0.1, 0.15) is 0 Å². The number of thioether (sulfide) groups is 1. The third kappa shape index (κ3) is 6.11. The van der Waals surface area contributed by atoms with Crippen LogP contribution in [0.4, 0.5) is 24.5 Å². The normalized spacial score (nSPS) is 16.0. The van der Waals surface area contributed by atoms with E-state index < -0.39 is 11.7 Å². The van der Waals surface area contributed by atoms with E-state index in [4.69, 9.17) is 4.74 Å². The fraction of sp³-hybridized carbons (Fsp3) is 0.588. The number of carbonyl (C=O) groups is 1. The van der Waals surface area contributed by atoms with E-state index in [1.54, 1.807) is 0 Å². The van der Waals surface area contributed by atoms with E-state index in [1.807, 2.05) is 25.7 Å². The highest BCUT2D eigenvalue weighted by molar-refractivity contribution is 8.01. The number of hydrogen-bond donors (Lipinski definition) is 1. The number of nitrogens with one attached hydrogen (secondary N) is 1. The van der Waals surface area contributed by atoms with Gasteiger partial charge in [-0.05, 0) is 18.2 Å². The summed E-state index contributed by atoms with van der Waals surface area (Å²) in [4.78, 5) is 14.1. The molecule has 0 aromatic heterocycles. The SMILES string of the molecule is CC(C)(C)SCC(=O)Nc1cc(C(F)(F)F)ccc1N1CCOCC1. The van der Waals surface area contributed by atoms with Crippen molar-refractivity contribution in [2.45, 2.75) is 31.7 Å². The summed E-state index contributed by atoms with van der Waals surface area (Å²) in [5.41, 5.74) is 0.00456. The molecule has 140 valence electrons. The van der Waals surface area contributed by atoms with Gasteiger partial charge in [0.25, 0.3) is 0 Å². The van der Waals surface area contributed by atoms with Crippen molar-refractivity contribution in [2.75, 3.05) is 42.3 Å². The maximum atomic E-state index is 13.0. The van der Waals surface area contributed by atoms with Crippen LogP contribution in [0.5, 0.6) is 0 Å². The number of ether oxygens (including phenoxy) is 1. The third-order valence-corrected chi connectivity index (χ3v) is 4.86. The molecule has 0 atom stereocenters. The molecule has 1 saturated heterocycles. The van der Waals surface area contributed by atoms with Crippen LogP contribution in [0, 0.1) is 0 Å². The molecule has 0 spiro atoms. The van der Waals surface area contributed by atoms with Crippen molar-refractivity contribution in [2.24, 2.45) is 0 Å². The summed E-state index contributed by atoms with van der Waals surface area (Å²) < 4.78 is 44.3. The van der Waals surface area contributed by atoms with Gasteiger partial charge in [0.15, 0.2) is 0 Å². The topological polar surface area (TPSA) is 41.6 Å².